The molecule has 1 amide bonds. The van der Waals surface area contributed by atoms with E-state index in [1.54, 1.807) is 6.21 Å². The molecule has 4 heteroatoms. The molecule has 0 spiro atoms. The maximum atomic E-state index is 12.1. The molecule has 0 saturated heterocycles. The minimum absolute atomic E-state index is 0.0920. The molecule has 1 aliphatic heterocycles. The summed E-state index contributed by atoms with van der Waals surface area (Å²) in [6.07, 6.45) is 3.84. The number of fused-ring (bicyclic) bond motifs is 1. The van der Waals surface area contributed by atoms with Crippen LogP contribution >= 0.6 is 0 Å². The van der Waals surface area contributed by atoms with Crippen molar-refractivity contribution in [3.63, 3.8) is 0 Å². The van der Waals surface area contributed by atoms with Gasteiger partial charge in [-0.2, -0.15) is 5.10 Å². The molecule has 1 N–H and O–H groups in total. The fourth-order valence-corrected chi connectivity index (χ4v) is 2.91. The van der Waals surface area contributed by atoms with Crippen LogP contribution in [0.2, 0.25) is 0 Å². The number of rotatable bonds is 4. The molecule has 118 valence electrons. The average Bonchev–Trinajstić information content (AvgIpc) is 2.55. The third-order valence-electron chi connectivity index (χ3n) is 3.99. The molecular formula is C19H21N3O. The first-order valence-electron chi connectivity index (χ1n) is 7.94. The summed E-state index contributed by atoms with van der Waals surface area (Å²) >= 11 is 0. The molecule has 0 aliphatic carbocycles. The lowest BCUT2D eigenvalue weighted by Gasteiger charge is -2.30. The first kappa shape index (κ1) is 15.3. The van der Waals surface area contributed by atoms with E-state index in [0.717, 1.165) is 30.6 Å². The van der Waals surface area contributed by atoms with E-state index >= 15 is 0 Å². The van der Waals surface area contributed by atoms with Crippen molar-refractivity contribution in [2.24, 2.45) is 5.10 Å². The second kappa shape index (κ2) is 7.09. The largest absolute Gasteiger partial charge is 0.362 e. The number of nitrogens with one attached hydrogen (secondary N) is 1. The monoisotopic (exact) mass is 307 g/mol. The molecule has 0 bridgehead atoms. The molecule has 2 aromatic carbocycles. The zero-order chi connectivity index (χ0) is 16.1. The van der Waals surface area contributed by atoms with Crippen LogP contribution in [0.1, 0.15) is 23.1 Å². The Kier molecular flexibility index (Phi) is 4.71. The number of amides is 1. The van der Waals surface area contributed by atoms with Gasteiger partial charge in [-0.25, -0.2) is 5.43 Å². The molecule has 0 atom stereocenters. The smallest absolute Gasteiger partial charge is 0.259 e. The van der Waals surface area contributed by atoms with Crippen LogP contribution in [-0.4, -0.2) is 25.2 Å². The summed E-state index contributed by atoms with van der Waals surface area (Å²) in [6, 6.07) is 16.3. The van der Waals surface area contributed by atoms with Crippen LogP contribution in [-0.2, 0) is 11.2 Å². The standard InChI is InChI=1S/C19H21N3O/c1-15-6-4-7-16(12-15)13-20-21-19(23)14-22-11-5-9-17-8-2-3-10-18(17)22/h2-4,6-8,10,12-13H,5,9,11,14H2,1H3,(H,21,23)/b20-13-. The maximum absolute atomic E-state index is 12.1. The minimum Gasteiger partial charge on any atom is -0.362 e. The van der Waals surface area contributed by atoms with E-state index in [-0.39, 0.29) is 5.91 Å². The van der Waals surface area contributed by atoms with E-state index in [0.29, 0.717) is 6.54 Å². The number of hydrogen-bond donors (Lipinski definition) is 1. The van der Waals surface area contributed by atoms with Crippen LogP contribution in [0.15, 0.2) is 53.6 Å². The molecule has 0 saturated carbocycles. The van der Waals surface area contributed by atoms with Crippen LogP contribution in [0, 0.1) is 6.92 Å². The highest BCUT2D eigenvalue weighted by Gasteiger charge is 2.18. The van der Waals surface area contributed by atoms with Gasteiger partial charge >= 0.3 is 0 Å². The fourth-order valence-electron chi connectivity index (χ4n) is 2.91. The van der Waals surface area contributed by atoms with Gasteiger partial charge in [-0.05, 0) is 37.0 Å². The predicted octanol–water partition coefficient (Wildman–Crippen LogP) is 2.90. The highest BCUT2D eigenvalue weighted by Crippen LogP contribution is 2.26. The third-order valence-corrected chi connectivity index (χ3v) is 3.99. The van der Waals surface area contributed by atoms with E-state index in [2.05, 4.69) is 33.6 Å². The molecule has 0 aromatic heterocycles. The Balaban J connectivity index is 1.58. The van der Waals surface area contributed by atoms with Crippen molar-refractivity contribution in [3.8, 4) is 0 Å². The van der Waals surface area contributed by atoms with E-state index in [1.165, 1.54) is 11.1 Å². The van der Waals surface area contributed by atoms with Crippen molar-refractivity contribution in [3.05, 3.63) is 65.2 Å². The summed E-state index contributed by atoms with van der Waals surface area (Å²) in [5, 5.41) is 4.05. The van der Waals surface area contributed by atoms with Gasteiger partial charge in [0.25, 0.3) is 5.91 Å². The summed E-state index contributed by atoms with van der Waals surface area (Å²) in [5.41, 5.74) is 7.25. The third kappa shape index (κ3) is 3.97. The molecule has 0 fully saturated rings. The second-order valence-corrected chi connectivity index (χ2v) is 5.86. The van der Waals surface area contributed by atoms with Crippen LogP contribution in [0.3, 0.4) is 0 Å². The number of carbonyl (C=O) groups excluding carboxylic acids is 1. The molecular weight excluding hydrogens is 286 g/mol. The van der Waals surface area contributed by atoms with Gasteiger partial charge in [0.15, 0.2) is 0 Å². The van der Waals surface area contributed by atoms with Crippen molar-refractivity contribution in [1.82, 2.24) is 5.43 Å². The van der Waals surface area contributed by atoms with Gasteiger partial charge in [0.05, 0.1) is 12.8 Å². The Labute approximate surface area is 136 Å². The SMILES string of the molecule is Cc1cccc(/C=N\NC(=O)CN2CCCc3ccccc32)c1. The second-order valence-electron chi connectivity index (χ2n) is 5.86. The summed E-state index contributed by atoms with van der Waals surface area (Å²) < 4.78 is 0. The van der Waals surface area contributed by atoms with Crippen molar-refractivity contribution in [2.75, 3.05) is 18.0 Å². The Bertz CT molecular complexity index is 724. The molecule has 2 aromatic rings. The molecule has 0 unspecified atom stereocenters. The average molecular weight is 307 g/mol. The number of hydrazone groups is 1. The molecule has 1 heterocycles. The number of para-hydroxylation sites is 1. The Morgan fingerprint density at radius 2 is 2.13 bits per heavy atom. The van der Waals surface area contributed by atoms with Crippen molar-refractivity contribution >= 4 is 17.8 Å². The number of hydrogen-bond acceptors (Lipinski definition) is 3. The predicted molar refractivity (Wildman–Crippen MR) is 93.9 cm³/mol. The first-order chi connectivity index (χ1) is 11.2. The van der Waals surface area contributed by atoms with Crippen LogP contribution in [0.5, 0.6) is 0 Å². The zero-order valence-corrected chi connectivity index (χ0v) is 13.3. The highest BCUT2D eigenvalue weighted by atomic mass is 16.2. The van der Waals surface area contributed by atoms with Gasteiger partial charge in [-0.15, -0.1) is 0 Å². The Morgan fingerprint density at radius 1 is 1.26 bits per heavy atom. The lowest BCUT2D eigenvalue weighted by atomic mass is 10.0. The summed E-state index contributed by atoms with van der Waals surface area (Å²) in [4.78, 5) is 14.2. The molecule has 1 aliphatic rings. The minimum atomic E-state index is -0.0920. The van der Waals surface area contributed by atoms with Crippen molar-refractivity contribution in [2.45, 2.75) is 19.8 Å². The van der Waals surface area contributed by atoms with Crippen molar-refractivity contribution < 1.29 is 4.79 Å². The first-order valence-corrected chi connectivity index (χ1v) is 7.94. The number of benzene rings is 2. The quantitative estimate of drug-likeness (QED) is 0.697. The number of carbonyl (C=O) groups is 1. The Morgan fingerprint density at radius 3 is 3.00 bits per heavy atom. The Hall–Kier alpha value is -2.62. The van der Waals surface area contributed by atoms with Gasteiger partial charge in [0.1, 0.15) is 0 Å². The van der Waals surface area contributed by atoms with E-state index < -0.39 is 0 Å². The maximum Gasteiger partial charge on any atom is 0.259 e. The summed E-state index contributed by atoms with van der Waals surface area (Å²) in [6.45, 7) is 3.28. The topological polar surface area (TPSA) is 44.7 Å². The van der Waals surface area contributed by atoms with Crippen LogP contribution in [0.25, 0.3) is 0 Å². The van der Waals surface area contributed by atoms with Crippen LogP contribution < -0.4 is 10.3 Å². The summed E-state index contributed by atoms with van der Waals surface area (Å²) in [5.74, 6) is -0.0920. The normalized spacial score (nSPS) is 13.9. The van der Waals surface area contributed by atoms with Crippen molar-refractivity contribution in [1.29, 1.82) is 0 Å². The lowest BCUT2D eigenvalue weighted by molar-refractivity contribution is -0.119. The van der Waals surface area contributed by atoms with Gasteiger partial charge < -0.3 is 4.90 Å². The summed E-state index contributed by atoms with van der Waals surface area (Å²) in [7, 11) is 0. The van der Waals surface area contributed by atoms with Gasteiger partial charge in [0, 0.05) is 12.2 Å². The van der Waals surface area contributed by atoms with Crippen LogP contribution in [0.4, 0.5) is 5.69 Å². The fraction of sp³-hybridized carbons (Fsp3) is 0.263. The number of anilines is 1. The van der Waals surface area contributed by atoms with Gasteiger partial charge in [-0.3, -0.25) is 4.79 Å². The molecule has 0 radical (unpaired) electrons. The number of nitrogens with zero attached hydrogens (tertiary/aromatic N) is 2. The zero-order valence-electron chi connectivity index (χ0n) is 13.3. The van der Waals surface area contributed by atoms with E-state index in [4.69, 9.17) is 0 Å². The number of aryl methyl sites for hydroxylation is 2. The van der Waals surface area contributed by atoms with E-state index in [1.807, 2.05) is 37.3 Å². The molecule has 4 nitrogen and oxygen atoms in total. The lowest BCUT2D eigenvalue weighted by Crippen LogP contribution is -2.38. The van der Waals surface area contributed by atoms with E-state index in [9.17, 15) is 4.79 Å². The highest BCUT2D eigenvalue weighted by molar-refractivity contribution is 5.85. The van der Waals surface area contributed by atoms with Gasteiger partial charge in [-0.1, -0.05) is 48.0 Å². The van der Waals surface area contributed by atoms with Gasteiger partial charge in [0.2, 0.25) is 0 Å². The molecule has 23 heavy (non-hydrogen) atoms. The molecule has 3 rings (SSSR count).